The van der Waals surface area contributed by atoms with Crippen LogP contribution in [0.4, 0.5) is 13.2 Å². The number of aromatic nitrogens is 3. The summed E-state index contributed by atoms with van der Waals surface area (Å²) in [5.41, 5.74) is 3.26. The topological polar surface area (TPSA) is 77.1 Å². The third-order valence-electron chi connectivity index (χ3n) is 6.11. The van der Waals surface area contributed by atoms with Gasteiger partial charge in [0.15, 0.2) is 5.82 Å². The van der Waals surface area contributed by atoms with Crippen LogP contribution in [-0.2, 0) is 28.7 Å². The minimum absolute atomic E-state index is 0.169. The summed E-state index contributed by atoms with van der Waals surface area (Å²) in [6.45, 7) is 2.36. The van der Waals surface area contributed by atoms with Gasteiger partial charge in [-0.25, -0.2) is 9.97 Å². The fraction of sp³-hybridized carbons (Fsp3) is 0.296. The van der Waals surface area contributed by atoms with Crippen LogP contribution in [0, 0.1) is 0 Å². The van der Waals surface area contributed by atoms with Crippen molar-refractivity contribution in [3.8, 4) is 17.1 Å². The highest BCUT2D eigenvalue weighted by Crippen LogP contribution is 2.41. The van der Waals surface area contributed by atoms with Crippen LogP contribution in [0.3, 0.4) is 0 Å². The second kappa shape index (κ2) is 9.64. The zero-order chi connectivity index (χ0) is 25.3. The molecule has 1 fully saturated rings. The summed E-state index contributed by atoms with van der Waals surface area (Å²) < 4.78 is 49.8. The maximum Gasteiger partial charge on any atom is 0.416 e. The summed E-state index contributed by atoms with van der Waals surface area (Å²) in [7, 11) is 0. The van der Waals surface area contributed by atoms with Gasteiger partial charge in [0, 0.05) is 40.3 Å². The highest BCUT2D eigenvalue weighted by molar-refractivity contribution is 5.88. The number of hydrogen-bond donors (Lipinski definition) is 1. The predicted molar refractivity (Wildman–Crippen MR) is 127 cm³/mol. The first-order valence-electron chi connectivity index (χ1n) is 11.7. The molecule has 36 heavy (non-hydrogen) atoms. The fourth-order valence-electron chi connectivity index (χ4n) is 4.11. The van der Waals surface area contributed by atoms with Gasteiger partial charge in [0.05, 0.1) is 24.3 Å². The molecule has 0 aliphatic heterocycles. The molecule has 186 valence electrons. The first kappa shape index (κ1) is 23.8. The summed E-state index contributed by atoms with van der Waals surface area (Å²) in [5.74, 6) is 1.04. The van der Waals surface area contributed by atoms with E-state index in [4.69, 9.17) is 9.47 Å². The number of nitrogens with zero attached hydrogens (tertiary/aromatic N) is 2. The van der Waals surface area contributed by atoms with E-state index in [9.17, 15) is 18.0 Å². The molecule has 6 nitrogen and oxygen atoms in total. The number of carbonyl (C=O) groups excluding carboxylic acids is 1. The minimum Gasteiger partial charge on any atom is -0.489 e. The second-order valence-electron chi connectivity index (χ2n) is 8.75. The van der Waals surface area contributed by atoms with Gasteiger partial charge in [-0.15, -0.1) is 0 Å². The van der Waals surface area contributed by atoms with E-state index in [0.717, 1.165) is 52.7 Å². The van der Waals surface area contributed by atoms with Gasteiger partial charge < -0.3 is 14.5 Å². The number of benzene rings is 2. The number of halogens is 3. The smallest absolute Gasteiger partial charge is 0.416 e. The number of rotatable bonds is 8. The molecule has 1 aliphatic carbocycles. The Hall–Kier alpha value is -3.88. The van der Waals surface area contributed by atoms with Crippen LogP contribution in [0.15, 0.2) is 54.9 Å². The SMILES string of the molecule is CCOC(=O)Cc1c[nH]c2ccc(OCc3cnc(-c4ccc(C(F)(F)F)cc4)nc3C3CC3)cc12. The van der Waals surface area contributed by atoms with Crippen LogP contribution < -0.4 is 4.74 Å². The molecule has 4 aromatic rings. The van der Waals surface area contributed by atoms with E-state index in [1.807, 2.05) is 18.2 Å². The molecule has 2 aromatic carbocycles. The van der Waals surface area contributed by atoms with E-state index >= 15 is 0 Å². The van der Waals surface area contributed by atoms with Crippen molar-refractivity contribution >= 4 is 16.9 Å². The Morgan fingerprint density at radius 1 is 1.11 bits per heavy atom. The lowest BCUT2D eigenvalue weighted by Gasteiger charge is -2.12. The molecular formula is C27H24F3N3O3. The predicted octanol–water partition coefficient (Wildman–Crippen LogP) is 6.21. The Labute approximate surface area is 205 Å². The number of H-pyrrole nitrogens is 1. The number of carbonyl (C=O) groups is 1. The Kier molecular flexibility index (Phi) is 6.38. The number of ether oxygens (including phenoxy) is 2. The van der Waals surface area contributed by atoms with Crippen LogP contribution >= 0.6 is 0 Å². The van der Waals surface area contributed by atoms with Gasteiger partial charge in [0.25, 0.3) is 0 Å². The summed E-state index contributed by atoms with van der Waals surface area (Å²) in [6, 6.07) is 10.5. The number of esters is 1. The summed E-state index contributed by atoms with van der Waals surface area (Å²) >= 11 is 0. The van der Waals surface area contributed by atoms with Crippen molar-refractivity contribution in [2.75, 3.05) is 6.61 Å². The first-order chi connectivity index (χ1) is 17.3. The van der Waals surface area contributed by atoms with Crippen molar-refractivity contribution in [3.05, 3.63) is 77.2 Å². The number of aromatic amines is 1. The molecule has 0 atom stereocenters. The molecule has 0 spiro atoms. The molecule has 1 N–H and O–H groups in total. The number of nitrogens with one attached hydrogen (secondary N) is 1. The van der Waals surface area contributed by atoms with E-state index in [-0.39, 0.29) is 19.0 Å². The lowest BCUT2D eigenvalue weighted by molar-refractivity contribution is -0.142. The normalized spacial score (nSPS) is 13.7. The minimum atomic E-state index is -4.39. The van der Waals surface area contributed by atoms with E-state index in [0.29, 0.717) is 29.7 Å². The molecule has 0 amide bonds. The molecule has 1 aliphatic rings. The van der Waals surface area contributed by atoms with Gasteiger partial charge in [-0.3, -0.25) is 4.79 Å². The van der Waals surface area contributed by atoms with E-state index in [1.165, 1.54) is 12.1 Å². The molecule has 2 aromatic heterocycles. The van der Waals surface area contributed by atoms with Crippen LogP contribution in [0.5, 0.6) is 5.75 Å². The molecule has 0 radical (unpaired) electrons. The summed E-state index contributed by atoms with van der Waals surface area (Å²) in [6.07, 6.45) is 1.27. The van der Waals surface area contributed by atoms with Crippen molar-refractivity contribution in [2.45, 2.75) is 44.9 Å². The third-order valence-corrected chi connectivity index (χ3v) is 6.11. The molecule has 2 heterocycles. The molecule has 0 bridgehead atoms. The lowest BCUT2D eigenvalue weighted by Crippen LogP contribution is -2.07. The Morgan fingerprint density at radius 2 is 1.89 bits per heavy atom. The second-order valence-corrected chi connectivity index (χ2v) is 8.75. The van der Waals surface area contributed by atoms with E-state index < -0.39 is 11.7 Å². The van der Waals surface area contributed by atoms with Crippen molar-refractivity contribution < 1.29 is 27.4 Å². The summed E-state index contributed by atoms with van der Waals surface area (Å²) in [5, 5.41) is 0.886. The average Bonchev–Trinajstić information content (AvgIpc) is 3.64. The maximum atomic E-state index is 12.9. The highest BCUT2D eigenvalue weighted by Gasteiger charge is 2.31. The van der Waals surface area contributed by atoms with Crippen molar-refractivity contribution in [1.29, 1.82) is 0 Å². The fourth-order valence-corrected chi connectivity index (χ4v) is 4.11. The summed E-state index contributed by atoms with van der Waals surface area (Å²) in [4.78, 5) is 24.2. The van der Waals surface area contributed by atoms with E-state index in [1.54, 1.807) is 19.3 Å². The lowest BCUT2D eigenvalue weighted by atomic mass is 10.1. The molecule has 0 saturated heterocycles. The van der Waals surface area contributed by atoms with Crippen LogP contribution in [-0.4, -0.2) is 27.5 Å². The van der Waals surface area contributed by atoms with Crippen molar-refractivity contribution in [2.24, 2.45) is 0 Å². The van der Waals surface area contributed by atoms with Crippen LogP contribution in [0.2, 0.25) is 0 Å². The zero-order valence-electron chi connectivity index (χ0n) is 19.6. The van der Waals surface area contributed by atoms with Gasteiger partial charge in [-0.05, 0) is 55.7 Å². The first-order valence-corrected chi connectivity index (χ1v) is 11.7. The Bertz CT molecular complexity index is 1390. The van der Waals surface area contributed by atoms with E-state index in [2.05, 4.69) is 15.0 Å². The molecule has 0 unspecified atom stereocenters. The highest BCUT2D eigenvalue weighted by atomic mass is 19.4. The molecule has 9 heteroatoms. The quantitative estimate of drug-likeness (QED) is 0.294. The zero-order valence-corrected chi connectivity index (χ0v) is 19.6. The Morgan fingerprint density at radius 3 is 2.58 bits per heavy atom. The van der Waals surface area contributed by atoms with Gasteiger partial charge >= 0.3 is 12.1 Å². The monoisotopic (exact) mass is 495 g/mol. The molecular weight excluding hydrogens is 471 g/mol. The maximum absolute atomic E-state index is 12.9. The van der Waals surface area contributed by atoms with Crippen LogP contribution in [0.25, 0.3) is 22.3 Å². The third kappa shape index (κ3) is 5.19. The standard InChI is InChI=1S/C27H24F3N3O3/c1-2-35-24(34)11-18-13-31-23-10-9-21(12-22(18)23)36-15-19-14-32-26(33-25(19)16-3-4-16)17-5-7-20(8-6-17)27(28,29)30/h5-10,12-14,16,31H,2-4,11,15H2,1H3. The number of fused-ring (bicyclic) bond motifs is 1. The Balaban J connectivity index is 1.34. The number of alkyl halides is 3. The van der Waals surface area contributed by atoms with Crippen LogP contribution in [0.1, 0.15) is 48.1 Å². The van der Waals surface area contributed by atoms with Gasteiger partial charge in [0.1, 0.15) is 12.4 Å². The van der Waals surface area contributed by atoms with Gasteiger partial charge in [-0.1, -0.05) is 12.1 Å². The van der Waals surface area contributed by atoms with Crippen molar-refractivity contribution in [1.82, 2.24) is 15.0 Å². The van der Waals surface area contributed by atoms with Gasteiger partial charge in [0.2, 0.25) is 0 Å². The largest absolute Gasteiger partial charge is 0.489 e. The number of hydrogen-bond acceptors (Lipinski definition) is 5. The molecule has 1 saturated carbocycles. The van der Waals surface area contributed by atoms with Crippen molar-refractivity contribution in [3.63, 3.8) is 0 Å². The van der Waals surface area contributed by atoms with Gasteiger partial charge in [-0.2, -0.15) is 13.2 Å². The molecule has 5 rings (SSSR count). The average molecular weight is 496 g/mol.